The zero-order chi connectivity index (χ0) is 15.7. The van der Waals surface area contributed by atoms with Gasteiger partial charge in [-0.05, 0) is 7.05 Å². The van der Waals surface area contributed by atoms with Crippen LogP contribution in [-0.4, -0.2) is 49.1 Å². The predicted molar refractivity (Wildman–Crippen MR) is 67.0 cm³/mol. The molecule has 1 saturated heterocycles. The van der Waals surface area contributed by atoms with Gasteiger partial charge in [-0.1, -0.05) is 0 Å². The standard InChI is InChI=1S/C13H16F5N3/c1-20-2-3-21(7(4-19)5-20)6-8-9(14)11(16)13(18)12(17)10(8)15/h7H,2-6,19H2,1H3. The van der Waals surface area contributed by atoms with Crippen LogP contribution in [0.4, 0.5) is 22.0 Å². The Morgan fingerprint density at radius 1 is 0.952 bits per heavy atom. The van der Waals surface area contributed by atoms with Crippen LogP contribution in [0.1, 0.15) is 5.56 Å². The maximum absolute atomic E-state index is 13.7. The minimum atomic E-state index is -2.14. The Balaban J connectivity index is 2.31. The minimum absolute atomic E-state index is 0.196. The molecule has 1 fully saturated rings. The molecule has 1 atom stereocenters. The Labute approximate surface area is 119 Å². The van der Waals surface area contributed by atoms with Crippen LogP contribution in [0, 0.1) is 29.1 Å². The molecule has 2 rings (SSSR count). The maximum Gasteiger partial charge on any atom is 0.200 e. The van der Waals surface area contributed by atoms with Crippen molar-refractivity contribution < 1.29 is 22.0 Å². The second-order valence-electron chi connectivity index (χ2n) is 5.17. The van der Waals surface area contributed by atoms with Gasteiger partial charge in [-0.2, -0.15) is 0 Å². The summed E-state index contributed by atoms with van der Waals surface area (Å²) in [6.45, 7) is 1.52. The molecule has 1 unspecified atom stereocenters. The number of benzene rings is 1. The fourth-order valence-corrected chi connectivity index (χ4v) is 2.47. The molecule has 0 saturated carbocycles. The quantitative estimate of drug-likeness (QED) is 0.521. The van der Waals surface area contributed by atoms with Gasteiger partial charge in [-0.25, -0.2) is 22.0 Å². The lowest BCUT2D eigenvalue weighted by Crippen LogP contribution is -2.54. The van der Waals surface area contributed by atoms with E-state index in [0.29, 0.717) is 19.6 Å². The van der Waals surface area contributed by atoms with E-state index in [9.17, 15) is 22.0 Å². The normalized spacial score (nSPS) is 21.0. The fraction of sp³-hybridized carbons (Fsp3) is 0.538. The van der Waals surface area contributed by atoms with Crippen LogP contribution in [0.5, 0.6) is 0 Å². The summed E-state index contributed by atoms with van der Waals surface area (Å²) in [5.41, 5.74) is 4.79. The number of hydrogen-bond donors (Lipinski definition) is 1. The van der Waals surface area contributed by atoms with Gasteiger partial charge in [0.2, 0.25) is 5.82 Å². The molecular formula is C13H16F5N3. The van der Waals surface area contributed by atoms with Gasteiger partial charge < -0.3 is 10.6 Å². The SMILES string of the molecule is CN1CCN(Cc2c(F)c(F)c(F)c(F)c2F)C(CN)C1. The van der Waals surface area contributed by atoms with Gasteiger partial charge in [0.1, 0.15) is 0 Å². The number of halogens is 5. The Hall–Kier alpha value is -1.25. The number of piperazine rings is 1. The van der Waals surface area contributed by atoms with Gasteiger partial charge in [-0.15, -0.1) is 0 Å². The van der Waals surface area contributed by atoms with Crippen molar-refractivity contribution in [2.24, 2.45) is 5.73 Å². The number of nitrogens with zero attached hydrogens (tertiary/aromatic N) is 2. The van der Waals surface area contributed by atoms with Crippen molar-refractivity contribution in [3.8, 4) is 0 Å². The largest absolute Gasteiger partial charge is 0.329 e. The van der Waals surface area contributed by atoms with Crippen molar-refractivity contribution in [3.63, 3.8) is 0 Å². The molecule has 1 aromatic rings. The molecule has 8 heteroatoms. The lowest BCUT2D eigenvalue weighted by atomic mass is 10.1. The highest BCUT2D eigenvalue weighted by molar-refractivity contribution is 5.24. The van der Waals surface area contributed by atoms with E-state index in [4.69, 9.17) is 5.73 Å². The van der Waals surface area contributed by atoms with Crippen LogP contribution >= 0.6 is 0 Å². The molecule has 0 spiro atoms. The van der Waals surface area contributed by atoms with Gasteiger partial charge in [0, 0.05) is 44.3 Å². The van der Waals surface area contributed by atoms with E-state index in [-0.39, 0.29) is 19.1 Å². The average Bonchev–Trinajstić information content (AvgIpc) is 2.48. The van der Waals surface area contributed by atoms with Crippen LogP contribution in [0.3, 0.4) is 0 Å². The van der Waals surface area contributed by atoms with E-state index in [0.717, 1.165) is 0 Å². The number of nitrogens with two attached hydrogens (primary N) is 1. The van der Waals surface area contributed by atoms with Crippen LogP contribution in [0.15, 0.2) is 0 Å². The summed E-state index contributed by atoms with van der Waals surface area (Å²) in [7, 11) is 1.87. The van der Waals surface area contributed by atoms with E-state index in [1.807, 2.05) is 11.9 Å². The maximum atomic E-state index is 13.7. The first kappa shape index (κ1) is 16.1. The van der Waals surface area contributed by atoms with E-state index in [1.54, 1.807) is 4.90 Å². The van der Waals surface area contributed by atoms with Crippen molar-refractivity contribution in [2.75, 3.05) is 33.2 Å². The Kier molecular flexibility index (Phi) is 4.80. The molecule has 1 aliphatic heterocycles. The van der Waals surface area contributed by atoms with Gasteiger partial charge in [-0.3, -0.25) is 4.90 Å². The van der Waals surface area contributed by atoms with E-state index < -0.39 is 34.6 Å². The first-order valence-electron chi connectivity index (χ1n) is 6.49. The van der Waals surface area contributed by atoms with Crippen molar-refractivity contribution in [1.29, 1.82) is 0 Å². The first-order valence-corrected chi connectivity index (χ1v) is 6.49. The summed E-state index contributed by atoms with van der Waals surface area (Å²) < 4.78 is 66.7. The highest BCUT2D eigenvalue weighted by Gasteiger charge is 2.30. The lowest BCUT2D eigenvalue weighted by Gasteiger charge is -2.39. The Morgan fingerprint density at radius 3 is 2.00 bits per heavy atom. The van der Waals surface area contributed by atoms with Crippen LogP contribution in [-0.2, 0) is 6.54 Å². The van der Waals surface area contributed by atoms with E-state index >= 15 is 0 Å². The fourth-order valence-electron chi connectivity index (χ4n) is 2.47. The summed E-state index contributed by atoms with van der Waals surface area (Å²) in [4.78, 5) is 3.63. The van der Waals surface area contributed by atoms with E-state index in [1.165, 1.54) is 0 Å². The van der Waals surface area contributed by atoms with Gasteiger partial charge >= 0.3 is 0 Å². The molecule has 2 N–H and O–H groups in total. The van der Waals surface area contributed by atoms with E-state index in [2.05, 4.69) is 0 Å². The third kappa shape index (κ3) is 3.02. The molecular weight excluding hydrogens is 293 g/mol. The highest BCUT2D eigenvalue weighted by atomic mass is 19.2. The molecule has 0 amide bonds. The second kappa shape index (κ2) is 6.25. The summed E-state index contributed by atoms with van der Waals surface area (Å²) in [5, 5.41) is 0. The molecule has 1 aromatic carbocycles. The second-order valence-corrected chi connectivity index (χ2v) is 5.17. The van der Waals surface area contributed by atoms with Crippen LogP contribution < -0.4 is 5.73 Å². The van der Waals surface area contributed by atoms with Crippen molar-refractivity contribution in [3.05, 3.63) is 34.6 Å². The monoisotopic (exact) mass is 309 g/mol. The summed E-state index contributed by atoms with van der Waals surface area (Å²) in [5.74, 6) is -9.52. The number of rotatable bonds is 3. The van der Waals surface area contributed by atoms with Gasteiger partial charge in [0.05, 0.1) is 0 Å². The average molecular weight is 309 g/mol. The minimum Gasteiger partial charge on any atom is -0.329 e. The van der Waals surface area contributed by atoms with Crippen molar-refractivity contribution in [1.82, 2.24) is 9.80 Å². The Morgan fingerprint density at radius 2 is 1.48 bits per heavy atom. The number of hydrogen-bond acceptors (Lipinski definition) is 3. The molecule has 21 heavy (non-hydrogen) atoms. The molecule has 118 valence electrons. The van der Waals surface area contributed by atoms with Gasteiger partial charge in [0.15, 0.2) is 23.3 Å². The third-order valence-corrected chi connectivity index (χ3v) is 3.74. The third-order valence-electron chi connectivity index (χ3n) is 3.74. The molecule has 0 radical (unpaired) electrons. The zero-order valence-corrected chi connectivity index (χ0v) is 11.5. The molecule has 1 heterocycles. The topological polar surface area (TPSA) is 32.5 Å². The Bertz CT molecular complexity index is 508. The summed E-state index contributed by atoms with van der Waals surface area (Å²) >= 11 is 0. The molecule has 3 nitrogen and oxygen atoms in total. The van der Waals surface area contributed by atoms with Crippen molar-refractivity contribution in [2.45, 2.75) is 12.6 Å². The van der Waals surface area contributed by atoms with Crippen LogP contribution in [0.2, 0.25) is 0 Å². The highest BCUT2D eigenvalue weighted by Crippen LogP contribution is 2.25. The predicted octanol–water partition coefficient (Wildman–Crippen LogP) is 1.46. The molecule has 0 aromatic heterocycles. The molecule has 0 aliphatic carbocycles. The van der Waals surface area contributed by atoms with Crippen molar-refractivity contribution >= 4 is 0 Å². The smallest absolute Gasteiger partial charge is 0.200 e. The summed E-state index contributed by atoms with van der Waals surface area (Å²) in [6, 6.07) is -0.196. The summed E-state index contributed by atoms with van der Waals surface area (Å²) in [6.07, 6.45) is 0. The number of likely N-dealkylation sites (N-methyl/N-ethyl adjacent to an activating group) is 1. The molecule has 1 aliphatic rings. The van der Waals surface area contributed by atoms with Crippen LogP contribution in [0.25, 0.3) is 0 Å². The van der Waals surface area contributed by atoms with Gasteiger partial charge in [0.25, 0.3) is 0 Å². The first-order chi connectivity index (χ1) is 9.86. The zero-order valence-electron chi connectivity index (χ0n) is 11.5. The lowest BCUT2D eigenvalue weighted by molar-refractivity contribution is 0.0854. The molecule has 0 bridgehead atoms.